The number of hydrogen-bond donors (Lipinski definition) is 1. The number of ether oxygens (including phenoxy) is 1. The molecular weight excluding hydrogens is 414 g/mol. The molecule has 1 aromatic heterocycles. The van der Waals surface area contributed by atoms with E-state index in [1.807, 2.05) is 24.3 Å². The summed E-state index contributed by atoms with van der Waals surface area (Å²) in [6.07, 6.45) is 1.46. The number of amides is 2. The minimum absolute atomic E-state index is 0.198. The van der Waals surface area contributed by atoms with Gasteiger partial charge in [0.05, 0.1) is 26.6 Å². The van der Waals surface area contributed by atoms with Gasteiger partial charge in [0, 0.05) is 6.42 Å². The number of carbonyl (C=O) groups excluding carboxylic acids is 3. The van der Waals surface area contributed by atoms with Gasteiger partial charge < -0.3 is 10.1 Å². The molecule has 160 valence electrons. The number of benzene rings is 2. The van der Waals surface area contributed by atoms with Crippen molar-refractivity contribution in [3.63, 3.8) is 0 Å². The Balaban J connectivity index is 1.32. The van der Waals surface area contributed by atoms with E-state index in [2.05, 4.69) is 10.3 Å². The van der Waals surface area contributed by atoms with Crippen molar-refractivity contribution < 1.29 is 19.1 Å². The predicted octanol–water partition coefficient (Wildman–Crippen LogP) is 3.93. The summed E-state index contributed by atoms with van der Waals surface area (Å²) < 4.78 is 6.34. The molecule has 4 rings (SSSR count). The number of carbonyl (C=O) groups is 3. The first kappa shape index (κ1) is 21.0. The Kier molecular flexibility index (Phi) is 5.73. The van der Waals surface area contributed by atoms with Crippen molar-refractivity contribution in [1.82, 2.24) is 4.98 Å². The minimum Gasteiger partial charge on any atom is -0.456 e. The maximum Gasteiger partial charge on any atom is 0.306 e. The van der Waals surface area contributed by atoms with Gasteiger partial charge in [0.1, 0.15) is 5.54 Å². The molecule has 7 nitrogen and oxygen atoms in total. The first-order valence-electron chi connectivity index (χ1n) is 10.1. The summed E-state index contributed by atoms with van der Waals surface area (Å²) in [6, 6.07) is 15.0. The van der Waals surface area contributed by atoms with E-state index >= 15 is 0 Å². The van der Waals surface area contributed by atoms with E-state index in [0.29, 0.717) is 24.2 Å². The van der Waals surface area contributed by atoms with Gasteiger partial charge in [0.2, 0.25) is 5.91 Å². The van der Waals surface area contributed by atoms with Gasteiger partial charge in [0.25, 0.3) is 5.91 Å². The fraction of sp³-hybridized carbons (Fsp3) is 0.304. The van der Waals surface area contributed by atoms with Crippen LogP contribution >= 0.6 is 11.3 Å². The summed E-state index contributed by atoms with van der Waals surface area (Å²) >= 11 is 1.62. The van der Waals surface area contributed by atoms with Crippen molar-refractivity contribution in [1.29, 1.82) is 0 Å². The van der Waals surface area contributed by atoms with E-state index in [-0.39, 0.29) is 12.3 Å². The van der Waals surface area contributed by atoms with Crippen LogP contribution < -0.4 is 10.2 Å². The number of rotatable bonds is 6. The molecule has 0 bridgehead atoms. The first-order valence-corrected chi connectivity index (χ1v) is 10.9. The van der Waals surface area contributed by atoms with Gasteiger partial charge in [-0.25, -0.2) is 4.98 Å². The van der Waals surface area contributed by atoms with E-state index in [1.165, 1.54) is 4.90 Å². The van der Waals surface area contributed by atoms with Crippen molar-refractivity contribution in [3.05, 3.63) is 53.5 Å². The maximum atomic E-state index is 12.9. The SMILES string of the molecule is CC1(C)C(=O)Nc2ccccc2N1C(=O)COC(=O)CCCc1nc2ccccc2s1. The van der Waals surface area contributed by atoms with Crippen LogP contribution in [0, 0.1) is 0 Å². The monoisotopic (exact) mass is 437 g/mol. The number of nitrogens with zero attached hydrogens (tertiary/aromatic N) is 2. The average molecular weight is 438 g/mol. The lowest BCUT2D eigenvalue weighted by atomic mass is 9.96. The molecule has 0 unspecified atom stereocenters. The summed E-state index contributed by atoms with van der Waals surface area (Å²) in [7, 11) is 0. The summed E-state index contributed by atoms with van der Waals surface area (Å²) in [4.78, 5) is 43.5. The molecule has 0 radical (unpaired) electrons. The third-order valence-electron chi connectivity index (χ3n) is 5.22. The van der Waals surface area contributed by atoms with E-state index in [1.54, 1.807) is 49.4 Å². The van der Waals surface area contributed by atoms with Crippen molar-refractivity contribution in [3.8, 4) is 0 Å². The third kappa shape index (κ3) is 4.29. The van der Waals surface area contributed by atoms with Gasteiger partial charge in [-0.3, -0.25) is 19.3 Å². The Morgan fingerprint density at radius 3 is 2.68 bits per heavy atom. The Labute approximate surface area is 184 Å². The van der Waals surface area contributed by atoms with E-state index in [0.717, 1.165) is 15.2 Å². The van der Waals surface area contributed by atoms with Crippen LogP contribution in [-0.2, 0) is 25.5 Å². The van der Waals surface area contributed by atoms with Crippen molar-refractivity contribution >= 4 is 50.7 Å². The van der Waals surface area contributed by atoms with Crippen LogP contribution in [0.5, 0.6) is 0 Å². The van der Waals surface area contributed by atoms with Gasteiger partial charge in [-0.05, 0) is 51.0 Å². The number of esters is 1. The molecule has 2 aromatic carbocycles. The fourth-order valence-electron chi connectivity index (χ4n) is 3.59. The van der Waals surface area contributed by atoms with Crippen molar-refractivity contribution in [2.45, 2.75) is 38.6 Å². The van der Waals surface area contributed by atoms with Crippen LogP contribution in [-0.4, -0.2) is 34.9 Å². The minimum atomic E-state index is -1.09. The zero-order valence-electron chi connectivity index (χ0n) is 17.4. The number of aromatic nitrogens is 1. The Bertz CT molecular complexity index is 1120. The quantitative estimate of drug-likeness (QED) is 0.591. The van der Waals surface area contributed by atoms with E-state index in [9.17, 15) is 14.4 Å². The van der Waals surface area contributed by atoms with Crippen molar-refractivity contribution in [2.75, 3.05) is 16.8 Å². The molecule has 31 heavy (non-hydrogen) atoms. The zero-order valence-corrected chi connectivity index (χ0v) is 18.2. The third-order valence-corrected chi connectivity index (χ3v) is 6.32. The van der Waals surface area contributed by atoms with Crippen molar-refractivity contribution in [2.24, 2.45) is 0 Å². The van der Waals surface area contributed by atoms with Crippen LogP contribution in [0.15, 0.2) is 48.5 Å². The molecule has 1 aliphatic heterocycles. The number of aryl methyl sites for hydroxylation is 1. The van der Waals surface area contributed by atoms with Gasteiger partial charge >= 0.3 is 5.97 Å². The van der Waals surface area contributed by atoms with Crippen LogP contribution in [0.25, 0.3) is 10.2 Å². The second kappa shape index (κ2) is 8.47. The number of nitrogens with one attached hydrogen (secondary N) is 1. The molecule has 0 fully saturated rings. The topological polar surface area (TPSA) is 88.6 Å². The highest BCUT2D eigenvalue weighted by Gasteiger charge is 2.43. The summed E-state index contributed by atoms with van der Waals surface area (Å²) in [5.41, 5.74) is 1.01. The van der Waals surface area contributed by atoms with Crippen LogP contribution in [0.4, 0.5) is 11.4 Å². The lowest BCUT2D eigenvalue weighted by Crippen LogP contribution is -2.59. The Hall–Kier alpha value is -3.26. The molecule has 0 spiro atoms. The van der Waals surface area contributed by atoms with Crippen LogP contribution in [0.1, 0.15) is 31.7 Å². The normalized spacial score (nSPS) is 14.8. The van der Waals surface area contributed by atoms with Crippen LogP contribution in [0.2, 0.25) is 0 Å². The molecule has 0 saturated heterocycles. The molecule has 1 N–H and O–H groups in total. The molecule has 2 amide bonds. The number of fused-ring (bicyclic) bond motifs is 2. The van der Waals surface area contributed by atoms with Gasteiger partial charge in [-0.2, -0.15) is 0 Å². The van der Waals surface area contributed by atoms with Gasteiger partial charge in [0.15, 0.2) is 6.61 Å². The highest BCUT2D eigenvalue weighted by Crippen LogP contribution is 2.36. The van der Waals surface area contributed by atoms with Gasteiger partial charge in [-0.15, -0.1) is 11.3 Å². The molecule has 2 heterocycles. The largest absolute Gasteiger partial charge is 0.456 e. The number of para-hydroxylation sites is 3. The molecule has 3 aromatic rings. The Morgan fingerprint density at radius 1 is 1.13 bits per heavy atom. The standard InChI is InChI=1S/C23H23N3O4S/c1-23(2)22(29)25-15-8-3-5-10-17(15)26(23)20(27)14-30-21(28)13-7-12-19-24-16-9-4-6-11-18(16)31-19/h3-6,8-11H,7,12-14H2,1-2H3,(H,25,29). The zero-order chi connectivity index (χ0) is 22.0. The lowest BCUT2D eigenvalue weighted by Gasteiger charge is -2.41. The van der Waals surface area contributed by atoms with Crippen LogP contribution in [0.3, 0.4) is 0 Å². The highest BCUT2D eigenvalue weighted by atomic mass is 32.1. The summed E-state index contributed by atoms with van der Waals surface area (Å²) in [5, 5.41) is 3.78. The lowest BCUT2D eigenvalue weighted by molar-refractivity contribution is -0.148. The average Bonchev–Trinajstić information content (AvgIpc) is 3.15. The smallest absolute Gasteiger partial charge is 0.306 e. The summed E-state index contributed by atoms with van der Waals surface area (Å²) in [5.74, 6) is -1.17. The number of hydrogen-bond acceptors (Lipinski definition) is 6. The van der Waals surface area contributed by atoms with Gasteiger partial charge in [-0.1, -0.05) is 24.3 Å². The molecular formula is C23H23N3O4S. The summed E-state index contributed by atoms with van der Waals surface area (Å²) in [6.45, 7) is 2.91. The molecule has 0 atom stereocenters. The highest BCUT2D eigenvalue weighted by molar-refractivity contribution is 7.18. The van der Waals surface area contributed by atoms with E-state index in [4.69, 9.17) is 4.74 Å². The van der Waals surface area contributed by atoms with E-state index < -0.39 is 24.0 Å². The molecule has 0 saturated carbocycles. The molecule has 0 aliphatic carbocycles. The number of thiazole rings is 1. The molecule has 1 aliphatic rings. The molecule has 8 heteroatoms. The Morgan fingerprint density at radius 2 is 1.87 bits per heavy atom. The second-order valence-corrected chi connectivity index (χ2v) is 8.96. The first-order chi connectivity index (χ1) is 14.9. The predicted molar refractivity (Wildman–Crippen MR) is 120 cm³/mol. The maximum absolute atomic E-state index is 12.9. The number of anilines is 2. The fourth-order valence-corrected chi connectivity index (χ4v) is 4.60. The second-order valence-electron chi connectivity index (χ2n) is 7.85.